The summed E-state index contributed by atoms with van der Waals surface area (Å²) in [5.41, 5.74) is 8.00. The molecule has 0 radical (unpaired) electrons. The Balaban J connectivity index is 0.00000420. The number of guanidine groups is 1. The molecule has 158 valence electrons. The number of nitrogens with one attached hydrogen (secondary N) is 1. The van der Waals surface area contributed by atoms with Crippen molar-refractivity contribution in [3.63, 3.8) is 0 Å². The van der Waals surface area contributed by atoms with Crippen LogP contribution in [0.5, 0.6) is 5.75 Å². The topological polar surface area (TPSA) is 85.9 Å². The first-order chi connectivity index (χ1) is 13.3. The van der Waals surface area contributed by atoms with Crippen LogP contribution < -0.4 is 15.8 Å². The highest BCUT2D eigenvalue weighted by atomic mass is 127. The van der Waals surface area contributed by atoms with Crippen molar-refractivity contribution < 1.29 is 14.3 Å². The molecule has 0 atom stereocenters. The van der Waals surface area contributed by atoms with Gasteiger partial charge in [-0.3, -0.25) is 0 Å². The zero-order valence-electron chi connectivity index (χ0n) is 17.4. The van der Waals surface area contributed by atoms with Crippen molar-refractivity contribution in [2.45, 2.75) is 39.3 Å². The predicted molar refractivity (Wildman–Crippen MR) is 127 cm³/mol. The van der Waals surface area contributed by atoms with E-state index in [1.807, 2.05) is 57.2 Å². The van der Waals surface area contributed by atoms with Crippen LogP contribution in [0, 0.1) is 0 Å². The van der Waals surface area contributed by atoms with Crippen molar-refractivity contribution in [1.29, 1.82) is 0 Å². The molecule has 0 unspecified atom stereocenters. The van der Waals surface area contributed by atoms with Gasteiger partial charge in [0, 0.05) is 6.54 Å². The molecule has 0 aliphatic heterocycles. The van der Waals surface area contributed by atoms with E-state index in [1.165, 1.54) is 5.56 Å². The summed E-state index contributed by atoms with van der Waals surface area (Å²) < 4.78 is 10.5. The third kappa shape index (κ3) is 9.17. The van der Waals surface area contributed by atoms with Gasteiger partial charge < -0.3 is 20.5 Å². The average Bonchev–Trinajstić information content (AvgIpc) is 2.66. The second-order valence-electron chi connectivity index (χ2n) is 7.43. The Kier molecular flexibility index (Phi) is 9.94. The number of nitrogens with two attached hydrogens (primary N) is 1. The van der Waals surface area contributed by atoms with Crippen LogP contribution in [0.15, 0.2) is 53.5 Å². The number of aliphatic imine (C=N–C) groups is 1. The van der Waals surface area contributed by atoms with E-state index in [0.717, 1.165) is 17.7 Å². The van der Waals surface area contributed by atoms with Crippen LogP contribution in [-0.4, -0.2) is 31.2 Å². The van der Waals surface area contributed by atoms with Crippen molar-refractivity contribution >= 4 is 35.9 Å². The molecule has 6 nitrogen and oxygen atoms in total. The largest absolute Gasteiger partial charge is 0.497 e. The SMILES string of the molecule is COc1ccc(CCNC(N)=NCc2cccc(C(=O)OC(C)(C)C)c2)cc1.I. The molecule has 0 heterocycles. The molecule has 0 fully saturated rings. The number of methoxy groups -OCH3 is 1. The summed E-state index contributed by atoms with van der Waals surface area (Å²) in [5.74, 6) is 0.867. The van der Waals surface area contributed by atoms with Gasteiger partial charge in [0.25, 0.3) is 0 Å². The molecular formula is C22H30IN3O3. The Morgan fingerprint density at radius 2 is 1.79 bits per heavy atom. The zero-order valence-corrected chi connectivity index (χ0v) is 19.7. The van der Waals surface area contributed by atoms with Gasteiger partial charge in [-0.1, -0.05) is 24.3 Å². The first-order valence-electron chi connectivity index (χ1n) is 9.26. The van der Waals surface area contributed by atoms with Gasteiger partial charge >= 0.3 is 5.97 Å². The van der Waals surface area contributed by atoms with Crippen LogP contribution in [0.3, 0.4) is 0 Å². The molecule has 7 heteroatoms. The van der Waals surface area contributed by atoms with E-state index in [-0.39, 0.29) is 29.9 Å². The lowest BCUT2D eigenvalue weighted by molar-refractivity contribution is 0.00694. The summed E-state index contributed by atoms with van der Waals surface area (Å²) in [7, 11) is 1.65. The van der Waals surface area contributed by atoms with E-state index >= 15 is 0 Å². The lowest BCUT2D eigenvalue weighted by Crippen LogP contribution is -2.33. The second-order valence-corrected chi connectivity index (χ2v) is 7.43. The molecule has 0 saturated heterocycles. The van der Waals surface area contributed by atoms with Gasteiger partial charge in [0.1, 0.15) is 11.4 Å². The minimum absolute atomic E-state index is 0. The standard InChI is InChI=1S/C22H29N3O3.HI/c1-22(2,3)28-20(26)18-7-5-6-17(14-18)15-25-21(23)24-13-12-16-8-10-19(27-4)11-9-16;/h5-11,14H,12-13,15H2,1-4H3,(H3,23,24,25);1H. The van der Waals surface area contributed by atoms with Crippen molar-refractivity contribution in [3.05, 3.63) is 65.2 Å². The number of carbonyl (C=O) groups is 1. The molecule has 0 amide bonds. The van der Waals surface area contributed by atoms with Gasteiger partial charge in [-0.25, -0.2) is 9.79 Å². The summed E-state index contributed by atoms with van der Waals surface area (Å²) in [4.78, 5) is 16.5. The number of hydrogen-bond acceptors (Lipinski definition) is 4. The van der Waals surface area contributed by atoms with Crippen molar-refractivity contribution in [2.75, 3.05) is 13.7 Å². The molecule has 0 aromatic heterocycles. The summed E-state index contributed by atoms with van der Waals surface area (Å²) in [5, 5.41) is 3.10. The fourth-order valence-corrected chi connectivity index (χ4v) is 2.49. The maximum absolute atomic E-state index is 12.2. The van der Waals surface area contributed by atoms with E-state index in [0.29, 0.717) is 24.6 Å². The van der Waals surface area contributed by atoms with Crippen LogP contribution in [0.25, 0.3) is 0 Å². The van der Waals surface area contributed by atoms with Gasteiger partial charge in [-0.15, -0.1) is 24.0 Å². The highest BCUT2D eigenvalue weighted by molar-refractivity contribution is 14.0. The van der Waals surface area contributed by atoms with Crippen LogP contribution >= 0.6 is 24.0 Å². The highest BCUT2D eigenvalue weighted by Gasteiger charge is 2.17. The van der Waals surface area contributed by atoms with Gasteiger partial charge in [0.15, 0.2) is 5.96 Å². The van der Waals surface area contributed by atoms with Gasteiger partial charge in [-0.05, 0) is 62.6 Å². The van der Waals surface area contributed by atoms with Crippen molar-refractivity contribution in [3.8, 4) is 5.75 Å². The van der Waals surface area contributed by atoms with Crippen LogP contribution in [-0.2, 0) is 17.7 Å². The molecule has 0 aliphatic carbocycles. The monoisotopic (exact) mass is 511 g/mol. The number of hydrogen-bond donors (Lipinski definition) is 2. The Labute approximate surface area is 189 Å². The molecule has 2 aromatic carbocycles. The number of halogens is 1. The minimum Gasteiger partial charge on any atom is -0.497 e. The number of benzene rings is 2. The van der Waals surface area contributed by atoms with Crippen LogP contribution in [0.1, 0.15) is 42.3 Å². The highest BCUT2D eigenvalue weighted by Crippen LogP contribution is 2.14. The fourth-order valence-electron chi connectivity index (χ4n) is 2.49. The molecule has 2 rings (SSSR count). The molecule has 3 N–H and O–H groups in total. The molecule has 29 heavy (non-hydrogen) atoms. The number of nitrogens with zero attached hydrogens (tertiary/aromatic N) is 1. The lowest BCUT2D eigenvalue weighted by atomic mass is 10.1. The Hall–Kier alpha value is -2.29. The van der Waals surface area contributed by atoms with E-state index in [4.69, 9.17) is 15.2 Å². The molecular weight excluding hydrogens is 481 g/mol. The molecule has 0 spiro atoms. The van der Waals surface area contributed by atoms with E-state index in [1.54, 1.807) is 19.2 Å². The van der Waals surface area contributed by atoms with Crippen LogP contribution in [0.4, 0.5) is 0 Å². The zero-order chi connectivity index (χ0) is 20.6. The number of carbonyl (C=O) groups excluding carboxylic acids is 1. The number of esters is 1. The maximum atomic E-state index is 12.2. The van der Waals surface area contributed by atoms with Crippen LogP contribution in [0.2, 0.25) is 0 Å². The summed E-state index contributed by atoms with van der Waals surface area (Å²) in [6, 6.07) is 15.2. The van der Waals surface area contributed by atoms with E-state index in [2.05, 4.69) is 10.3 Å². The smallest absolute Gasteiger partial charge is 0.338 e. The first-order valence-corrected chi connectivity index (χ1v) is 9.26. The fraction of sp³-hybridized carbons (Fsp3) is 0.364. The van der Waals surface area contributed by atoms with E-state index in [9.17, 15) is 4.79 Å². The first kappa shape index (κ1) is 24.7. The molecule has 0 aliphatic rings. The summed E-state index contributed by atoms with van der Waals surface area (Å²) >= 11 is 0. The maximum Gasteiger partial charge on any atom is 0.338 e. The van der Waals surface area contributed by atoms with Crippen molar-refractivity contribution in [1.82, 2.24) is 5.32 Å². The Bertz CT molecular complexity index is 815. The minimum atomic E-state index is -0.524. The second kappa shape index (κ2) is 11.6. The Morgan fingerprint density at radius 1 is 1.10 bits per heavy atom. The number of ether oxygens (including phenoxy) is 2. The normalized spacial score (nSPS) is 11.4. The third-order valence-electron chi connectivity index (χ3n) is 3.87. The summed E-state index contributed by atoms with van der Waals surface area (Å²) in [6.45, 7) is 6.60. The molecule has 0 saturated carbocycles. The third-order valence-corrected chi connectivity index (χ3v) is 3.87. The molecule has 0 bridgehead atoms. The van der Waals surface area contributed by atoms with Gasteiger partial charge in [0.05, 0.1) is 19.2 Å². The van der Waals surface area contributed by atoms with E-state index < -0.39 is 5.60 Å². The quantitative estimate of drug-likeness (QED) is 0.255. The summed E-state index contributed by atoms with van der Waals surface area (Å²) in [6.07, 6.45) is 0.828. The average molecular weight is 511 g/mol. The Morgan fingerprint density at radius 3 is 2.41 bits per heavy atom. The van der Waals surface area contributed by atoms with Gasteiger partial charge in [0.2, 0.25) is 0 Å². The number of rotatable bonds is 7. The van der Waals surface area contributed by atoms with Gasteiger partial charge in [-0.2, -0.15) is 0 Å². The van der Waals surface area contributed by atoms with Crippen molar-refractivity contribution in [2.24, 2.45) is 10.7 Å². The molecule has 2 aromatic rings. The predicted octanol–water partition coefficient (Wildman–Crippen LogP) is 3.92. The lowest BCUT2D eigenvalue weighted by Gasteiger charge is -2.19.